The van der Waals surface area contributed by atoms with Gasteiger partial charge in [0.1, 0.15) is 11.5 Å². The lowest BCUT2D eigenvalue weighted by Gasteiger charge is -2.08. The molecule has 2 aromatic carbocycles. The maximum absolute atomic E-state index is 12.3. The van der Waals surface area contributed by atoms with Gasteiger partial charge in [0.2, 0.25) is 0 Å². The van der Waals surface area contributed by atoms with E-state index < -0.39 is 5.91 Å². The third kappa shape index (κ3) is 3.81. The summed E-state index contributed by atoms with van der Waals surface area (Å²) in [5, 5.41) is 23.5. The van der Waals surface area contributed by atoms with Gasteiger partial charge in [-0.2, -0.15) is 5.10 Å². The molecule has 3 N–H and O–H groups in total. The van der Waals surface area contributed by atoms with Gasteiger partial charge in [-0.15, -0.1) is 0 Å². The molecule has 0 unspecified atom stereocenters. The fourth-order valence-electron chi connectivity index (χ4n) is 2.27. The summed E-state index contributed by atoms with van der Waals surface area (Å²) in [6.45, 7) is 0. The Hall–Kier alpha value is -3.67. The molecule has 6 heteroatoms. The summed E-state index contributed by atoms with van der Waals surface area (Å²) in [5.74, 6) is -0.999. The Morgan fingerprint density at radius 2 is 1.72 bits per heavy atom. The highest BCUT2D eigenvalue weighted by atomic mass is 16.3. The Balaban J connectivity index is 1.94. The lowest BCUT2D eigenvalue weighted by Crippen LogP contribution is -2.20. The second-order valence-corrected chi connectivity index (χ2v) is 5.21. The fraction of sp³-hybridized carbons (Fsp3) is 0. The fourth-order valence-corrected chi connectivity index (χ4v) is 2.27. The molecule has 124 valence electrons. The van der Waals surface area contributed by atoms with Crippen molar-refractivity contribution in [3.05, 3.63) is 89.7 Å². The predicted octanol–water partition coefficient (Wildman–Crippen LogP) is 2.68. The molecule has 1 heterocycles. The third-order valence-electron chi connectivity index (χ3n) is 3.48. The molecule has 25 heavy (non-hydrogen) atoms. The lowest BCUT2D eigenvalue weighted by molar-refractivity contribution is 0.0952. The van der Waals surface area contributed by atoms with Gasteiger partial charge in [0, 0.05) is 23.5 Å². The van der Waals surface area contributed by atoms with Crippen molar-refractivity contribution in [1.82, 2.24) is 10.4 Å². The Morgan fingerprint density at radius 3 is 2.44 bits per heavy atom. The van der Waals surface area contributed by atoms with Gasteiger partial charge in [-0.3, -0.25) is 9.78 Å². The summed E-state index contributed by atoms with van der Waals surface area (Å²) in [5.41, 5.74) is 4.41. The lowest BCUT2D eigenvalue weighted by atomic mass is 10.0. The monoisotopic (exact) mass is 333 g/mol. The minimum absolute atomic E-state index is 0.0673. The molecule has 6 nitrogen and oxygen atoms in total. The van der Waals surface area contributed by atoms with Crippen LogP contribution in [0.4, 0.5) is 0 Å². The summed E-state index contributed by atoms with van der Waals surface area (Å²) >= 11 is 0. The number of amides is 1. The van der Waals surface area contributed by atoms with E-state index in [1.807, 2.05) is 36.4 Å². The maximum atomic E-state index is 12.3. The van der Waals surface area contributed by atoms with E-state index in [9.17, 15) is 15.0 Å². The maximum Gasteiger partial charge on any atom is 0.275 e. The number of benzene rings is 2. The largest absolute Gasteiger partial charge is 0.508 e. The first-order valence-corrected chi connectivity index (χ1v) is 7.51. The number of phenolic OH excluding ortho intramolecular Hbond substituents is 2. The molecular formula is C19H15N3O3. The minimum atomic E-state index is -0.634. The predicted molar refractivity (Wildman–Crippen MR) is 93.6 cm³/mol. The number of hydrazone groups is 1. The molecule has 0 spiro atoms. The van der Waals surface area contributed by atoms with Crippen LogP contribution in [0.1, 0.15) is 21.5 Å². The average molecular weight is 333 g/mol. The summed E-state index contributed by atoms with van der Waals surface area (Å²) < 4.78 is 0. The number of carbonyl (C=O) groups excluding carboxylic acids is 1. The van der Waals surface area contributed by atoms with Crippen molar-refractivity contribution < 1.29 is 15.0 Å². The van der Waals surface area contributed by atoms with Crippen molar-refractivity contribution >= 4 is 11.6 Å². The van der Waals surface area contributed by atoms with Crippen LogP contribution in [0.2, 0.25) is 0 Å². The van der Waals surface area contributed by atoms with Crippen LogP contribution in [0.5, 0.6) is 11.5 Å². The number of nitrogens with zero attached hydrogens (tertiary/aromatic N) is 2. The van der Waals surface area contributed by atoms with Gasteiger partial charge in [-0.1, -0.05) is 30.3 Å². The molecule has 3 rings (SSSR count). The highest BCUT2D eigenvalue weighted by Gasteiger charge is 2.13. The zero-order valence-electron chi connectivity index (χ0n) is 13.1. The van der Waals surface area contributed by atoms with Crippen LogP contribution in [0.25, 0.3) is 0 Å². The summed E-state index contributed by atoms with van der Waals surface area (Å²) in [7, 11) is 0. The van der Waals surface area contributed by atoms with Gasteiger partial charge in [-0.25, -0.2) is 5.43 Å². The molecule has 0 radical (unpaired) electrons. The van der Waals surface area contributed by atoms with Crippen molar-refractivity contribution in [2.24, 2.45) is 5.10 Å². The molecule has 0 saturated heterocycles. The quantitative estimate of drug-likeness (QED) is 0.389. The standard InChI is InChI=1S/C19H15N3O3/c23-15-8-9-17(24)16(11-15)19(25)22-21-18(13-5-2-1-3-6-13)14-7-4-10-20-12-14/h1-12,23-24H,(H,22,25)/b21-18+. The normalized spacial score (nSPS) is 11.1. The molecule has 0 fully saturated rings. The van der Waals surface area contributed by atoms with Gasteiger partial charge in [-0.05, 0) is 30.3 Å². The Bertz CT molecular complexity index is 868. The summed E-state index contributed by atoms with van der Waals surface area (Å²) in [6.07, 6.45) is 3.29. The van der Waals surface area contributed by atoms with Gasteiger partial charge in [0.25, 0.3) is 5.91 Å². The highest BCUT2D eigenvalue weighted by molar-refractivity contribution is 6.13. The van der Waals surface area contributed by atoms with E-state index in [1.165, 1.54) is 18.2 Å². The number of aromatic hydroxyl groups is 2. The number of phenols is 2. The van der Waals surface area contributed by atoms with E-state index in [2.05, 4.69) is 15.5 Å². The van der Waals surface area contributed by atoms with Gasteiger partial charge < -0.3 is 10.2 Å². The second-order valence-electron chi connectivity index (χ2n) is 5.21. The number of nitrogens with one attached hydrogen (secondary N) is 1. The van der Waals surface area contributed by atoms with Crippen molar-refractivity contribution in [2.45, 2.75) is 0 Å². The van der Waals surface area contributed by atoms with Crippen molar-refractivity contribution in [3.63, 3.8) is 0 Å². The molecule has 1 aromatic heterocycles. The molecule has 3 aromatic rings. The van der Waals surface area contributed by atoms with E-state index >= 15 is 0 Å². The van der Waals surface area contributed by atoms with Crippen LogP contribution < -0.4 is 5.43 Å². The van der Waals surface area contributed by atoms with Crippen LogP contribution in [0.3, 0.4) is 0 Å². The van der Waals surface area contributed by atoms with E-state index in [0.717, 1.165) is 11.1 Å². The minimum Gasteiger partial charge on any atom is -0.508 e. The molecule has 0 saturated carbocycles. The number of rotatable bonds is 4. The summed E-state index contributed by atoms with van der Waals surface area (Å²) in [4.78, 5) is 16.4. The first-order chi connectivity index (χ1) is 12.1. The first kappa shape index (κ1) is 16.2. The number of carbonyl (C=O) groups is 1. The first-order valence-electron chi connectivity index (χ1n) is 7.51. The average Bonchev–Trinajstić information content (AvgIpc) is 2.65. The van der Waals surface area contributed by atoms with E-state index in [0.29, 0.717) is 5.71 Å². The summed E-state index contributed by atoms with van der Waals surface area (Å²) in [6, 6.07) is 16.7. The molecule has 0 aliphatic heterocycles. The third-order valence-corrected chi connectivity index (χ3v) is 3.48. The topological polar surface area (TPSA) is 94.8 Å². The Morgan fingerprint density at radius 1 is 0.960 bits per heavy atom. The highest BCUT2D eigenvalue weighted by Crippen LogP contribution is 2.21. The zero-order valence-corrected chi connectivity index (χ0v) is 13.1. The molecule has 0 aliphatic rings. The van der Waals surface area contributed by atoms with Crippen LogP contribution in [0.15, 0.2) is 78.2 Å². The van der Waals surface area contributed by atoms with Crippen LogP contribution in [-0.2, 0) is 0 Å². The van der Waals surface area contributed by atoms with Gasteiger partial charge in [0.05, 0.1) is 11.3 Å². The molecule has 1 amide bonds. The number of pyridine rings is 1. The van der Waals surface area contributed by atoms with E-state index in [4.69, 9.17) is 0 Å². The Labute approximate surface area is 144 Å². The number of hydrogen-bond donors (Lipinski definition) is 3. The number of hydrogen-bond acceptors (Lipinski definition) is 5. The van der Waals surface area contributed by atoms with Crippen LogP contribution >= 0.6 is 0 Å². The Kier molecular flexibility index (Phi) is 4.71. The second kappa shape index (κ2) is 7.27. The van der Waals surface area contributed by atoms with E-state index in [1.54, 1.807) is 18.5 Å². The van der Waals surface area contributed by atoms with Crippen LogP contribution in [-0.4, -0.2) is 26.8 Å². The van der Waals surface area contributed by atoms with Gasteiger partial charge in [0.15, 0.2) is 0 Å². The molecule has 0 bridgehead atoms. The smallest absolute Gasteiger partial charge is 0.275 e. The van der Waals surface area contributed by atoms with Crippen molar-refractivity contribution in [3.8, 4) is 11.5 Å². The van der Waals surface area contributed by atoms with Crippen molar-refractivity contribution in [1.29, 1.82) is 0 Å². The molecular weight excluding hydrogens is 318 g/mol. The molecule has 0 aliphatic carbocycles. The van der Waals surface area contributed by atoms with Crippen molar-refractivity contribution in [2.75, 3.05) is 0 Å². The van der Waals surface area contributed by atoms with Gasteiger partial charge >= 0.3 is 0 Å². The molecule has 0 atom stereocenters. The van der Waals surface area contributed by atoms with E-state index in [-0.39, 0.29) is 17.1 Å². The SMILES string of the molecule is O=C(N/N=C(\c1ccccc1)c1cccnc1)c1cc(O)ccc1O. The van der Waals surface area contributed by atoms with Crippen LogP contribution in [0, 0.1) is 0 Å². The number of aromatic nitrogens is 1. The zero-order chi connectivity index (χ0) is 17.6.